The van der Waals surface area contributed by atoms with Crippen molar-refractivity contribution in [1.82, 2.24) is 21.3 Å². The Bertz CT molecular complexity index is 4670. The Morgan fingerprint density at radius 3 is 1.27 bits per heavy atom. The standard InChI is InChI=1S/C12H12F2N2OS.C11H8F5NO3.C11H8F5NO2.C11H6F5NO2.C9H9F2NO2.C9H9F2NO.C7H4F2O/c13-6-3-7-9(16-12-15-1-2-18-12)5-10(17)11(7)8(14)4-6;12-6-1-5(2-7(13)3-6)8(4-9(18)19)17-10(20)11(14,15)16;2*12-4-1-5-7(17-10(19)11(14,15)16)3-8(18)9(5)6(13)2-4;10-6-1-5(2-7(11)3-6)8(12)4-9(13)14;10-4-1-5-7(12)3-8(13)9(5)6(11)2-4;8-6-1-5(4-10)2-7(9)3-6/h3-4,9-10,17H,1-2,5H2,(H,15,16);1-3,8H,4H2,(H,17,20)(H,18,19);1-2,7-8,18H,3H2,(H,17,19);1-2,7H,3H2,(H,17,19);1-3,8H,4,12H2,(H,13,14);1-2,7-8,13H,3,12H2;1-4H/t9-,10+;;7-,8+;;;7-,8+;/m0.0..0./s1. The van der Waals surface area contributed by atoms with Crippen LogP contribution < -0.4 is 32.7 Å². The zero-order valence-electron chi connectivity index (χ0n) is 56.5. The largest absolute Gasteiger partial charge is 0.481 e. The Balaban J connectivity index is 0.000000207. The fraction of sp³-hybridized carbons (Fsp3) is 0.286. The molecule has 0 fully saturated rings. The van der Waals surface area contributed by atoms with Crippen molar-refractivity contribution < 1.29 is 160 Å². The third kappa shape index (κ3) is 25.9. The van der Waals surface area contributed by atoms with Crippen molar-refractivity contribution in [2.45, 2.75) is 112 Å². The molecular formula is C70H56F23N7O12S. The van der Waals surface area contributed by atoms with Crippen LogP contribution >= 0.6 is 11.8 Å². The van der Waals surface area contributed by atoms with Crippen LogP contribution in [0.2, 0.25) is 0 Å². The second-order valence-corrected chi connectivity index (χ2v) is 25.4. The highest BCUT2D eigenvalue weighted by Gasteiger charge is 2.45. The number of alkyl halides is 9. The van der Waals surface area contributed by atoms with E-state index in [0.29, 0.717) is 66.3 Å². The summed E-state index contributed by atoms with van der Waals surface area (Å²) in [4.78, 5) is 78.9. The molecular weight excluding hydrogens is 1600 g/mol. The zero-order chi connectivity index (χ0) is 84.8. The Labute approximate surface area is 624 Å². The van der Waals surface area contributed by atoms with E-state index in [-0.39, 0.29) is 64.2 Å². The molecule has 3 unspecified atom stereocenters. The van der Waals surface area contributed by atoms with Gasteiger partial charge in [0.1, 0.15) is 87.7 Å². The van der Waals surface area contributed by atoms with E-state index in [2.05, 4.69) is 10.3 Å². The molecule has 1 aliphatic heterocycles. The first-order valence-corrected chi connectivity index (χ1v) is 32.8. The van der Waals surface area contributed by atoms with Gasteiger partial charge in [-0.15, -0.1) is 0 Å². The number of fused-ring (bicyclic) bond motifs is 4. The number of halogens is 23. The Hall–Kier alpha value is -10.8. The Kier molecular flexibility index (Phi) is 31.2. The number of benzene rings is 7. The Morgan fingerprint density at radius 2 is 0.850 bits per heavy atom. The van der Waals surface area contributed by atoms with Crippen LogP contribution in [-0.2, 0) is 24.0 Å². The number of nitrogens with two attached hydrogens (primary N) is 2. The summed E-state index contributed by atoms with van der Waals surface area (Å²) in [6.07, 6.45) is -19.8. The maximum Gasteiger partial charge on any atom is 0.471 e. The predicted octanol–water partition coefficient (Wildman–Crippen LogP) is 13.3. The lowest BCUT2D eigenvalue weighted by Crippen LogP contribution is -2.39. The highest BCUT2D eigenvalue weighted by molar-refractivity contribution is 8.14. The van der Waals surface area contributed by atoms with Gasteiger partial charge >= 0.3 is 48.2 Å². The number of thioether (sulfide) groups is 1. The number of aldehydes is 1. The molecule has 0 saturated heterocycles. The summed E-state index contributed by atoms with van der Waals surface area (Å²) < 4.78 is 290. The Morgan fingerprint density at radius 1 is 0.478 bits per heavy atom. The number of carboxylic acid groups (broad SMARTS) is 2. The predicted molar refractivity (Wildman–Crippen MR) is 347 cm³/mol. The third-order valence-corrected chi connectivity index (χ3v) is 16.9. The van der Waals surface area contributed by atoms with Crippen LogP contribution in [0.3, 0.4) is 0 Å². The van der Waals surface area contributed by atoms with Crippen LogP contribution in [-0.4, -0.2) is 103 Å². The average Bonchev–Trinajstić information content (AvgIpc) is 1.64. The van der Waals surface area contributed by atoms with Crippen molar-refractivity contribution in [3.8, 4) is 0 Å². The molecule has 7 aromatic rings. The van der Waals surface area contributed by atoms with E-state index in [1.165, 1.54) is 17.4 Å². The van der Waals surface area contributed by atoms with Crippen LogP contribution in [0.5, 0.6) is 0 Å². The van der Waals surface area contributed by atoms with Crippen LogP contribution in [0.25, 0.3) is 0 Å². The summed E-state index contributed by atoms with van der Waals surface area (Å²) in [6.45, 7) is 0.757. The quantitative estimate of drug-likeness (QED) is 0.0423. The van der Waals surface area contributed by atoms with Gasteiger partial charge in [0.05, 0.1) is 67.4 Å². The van der Waals surface area contributed by atoms with Crippen LogP contribution in [0, 0.1) is 81.4 Å². The van der Waals surface area contributed by atoms with Crippen molar-refractivity contribution in [3.63, 3.8) is 0 Å². The van der Waals surface area contributed by atoms with Gasteiger partial charge in [-0.2, -0.15) is 39.5 Å². The minimum Gasteiger partial charge on any atom is -0.481 e. The molecule has 4 aliphatic carbocycles. The van der Waals surface area contributed by atoms with E-state index in [4.69, 9.17) is 21.7 Å². The number of carbonyl (C=O) groups is 7. The van der Waals surface area contributed by atoms with Crippen LogP contribution in [0.4, 0.5) is 101 Å². The number of aliphatic imine (C=N–C) groups is 1. The van der Waals surface area contributed by atoms with Gasteiger partial charge < -0.3 is 58.3 Å². The van der Waals surface area contributed by atoms with Crippen LogP contribution in [0.1, 0.15) is 164 Å². The number of Topliss-reactive ketones (excluding diaryl/α,β-unsaturated/α-hetero) is 1. The number of nitrogens with one attached hydrogen (secondary N) is 4. The van der Waals surface area contributed by atoms with Gasteiger partial charge in [-0.05, 0) is 100 Å². The summed E-state index contributed by atoms with van der Waals surface area (Å²) in [7, 11) is 0. The molecule has 13 N–H and O–H groups in total. The van der Waals surface area contributed by atoms with Gasteiger partial charge in [-0.1, -0.05) is 11.8 Å². The van der Waals surface area contributed by atoms with Gasteiger partial charge in [0.25, 0.3) is 0 Å². The first kappa shape index (κ1) is 91.1. The van der Waals surface area contributed by atoms with E-state index in [9.17, 15) is 150 Å². The summed E-state index contributed by atoms with van der Waals surface area (Å²) in [6, 6.07) is 7.76. The lowest BCUT2D eigenvalue weighted by atomic mass is 10.0. The van der Waals surface area contributed by atoms with E-state index in [1.807, 2.05) is 0 Å². The van der Waals surface area contributed by atoms with E-state index in [1.54, 1.807) is 22.4 Å². The number of rotatable bonds is 11. The van der Waals surface area contributed by atoms with Crippen molar-refractivity contribution in [3.05, 3.63) is 246 Å². The number of aliphatic hydroxyl groups excluding tert-OH is 3. The molecule has 7 aromatic carbocycles. The van der Waals surface area contributed by atoms with Gasteiger partial charge in [0.15, 0.2) is 11.0 Å². The number of amides is 3. The van der Waals surface area contributed by atoms with E-state index >= 15 is 0 Å². The van der Waals surface area contributed by atoms with E-state index in [0.717, 1.165) is 66.0 Å². The molecule has 0 aromatic heterocycles. The monoisotopic (exact) mass is 1660 g/mol. The van der Waals surface area contributed by atoms with Gasteiger partial charge in [-0.25, -0.2) is 61.5 Å². The van der Waals surface area contributed by atoms with Crippen molar-refractivity contribution in [1.29, 1.82) is 0 Å². The second kappa shape index (κ2) is 38.6. The molecule has 5 aliphatic rings. The number of hydrogen-bond donors (Lipinski definition) is 11. The highest BCUT2D eigenvalue weighted by atomic mass is 32.2. The average molecular weight is 1660 g/mol. The minimum atomic E-state index is -5.23. The fourth-order valence-electron chi connectivity index (χ4n) is 11.4. The topological polar surface area (TPSA) is 333 Å². The van der Waals surface area contributed by atoms with Crippen molar-refractivity contribution in [2.24, 2.45) is 16.5 Å². The molecule has 43 heteroatoms. The first-order chi connectivity index (χ1) is 52.4. The summed E-state index contributed by atoms with van der Waals surface area (Å²) >= 11 is 1.58. The smallest absolute Gasteiger partial charge is 0.471 e. The number of hydrogen-bond acceptors (Lipinski definition) is 15. The maximum atomic E-state index is 13.6. The molecule has 9 atom stereocenters. The second-order valence-electron chi connectivity index (χ2n) is 24.3. The molecule has 0 bridgehead atoms. The molecule has 0 saturated carbocycles. The summed E-state index contributed by atoms with van der Waals surface area (Å²) in [5, 5.41) is 54.2. The number of aliphatic carboxylic acids is 2. The molecule has 1 heterocycles. The number of nitrogens with zero attached hydrogens (tertiary/aromatic N) is 1. The number of aliphatic hydroxyl groups is 3. The van der Waals surface area contributed by atoms with Crippen molar-refractivity contribution in [2.75, 3.05) is 12.3 Å². The fourth-order valence-corrected chi connectivity index (χ4v) is 12.2. The maximum absolute atomic E-state index is 13.6. The lowest BCUT2D eigenvalue weighted by molar-refractivity contribution is -0.174. The normalized spacial score (nSPS) is 18.6. The van der Waals surface area contributed by atoms with E-state index < -0.39 is 208 Å². The summed E-state index contributed by atoms with van der Waals surface area (Å²) in [5.41, 5.74) is 10.8. The van der Waals surface area contributed by atoms with Gasteiger partial charge in [-0.3, -0.25) is 38.6 Å². The molecule has 0 spiro atoms. The molecule has 0 radical (unpaired) electrons. The molecule has 610 valence electrons. The molecule has 19 nitrogen and oxygen atoms in total. The number of amidine groups is 1. The lowest BCUT2D eigenvalue weighted by Gasteiger charge is -2.18. The minimum absolute atomic E-state index is 0.0116. The first-order valence-electron chi connectivity index (χ1n) is 31.8. The highest BCUT2D eigenvalue weighted by Crippen LogP contribution is 2.44. The molecule has 113 heavy (non-hydrogen) atoms. The SMILES string of the molecule is NC(CC(=O)O)c1cc(F)cc(F)c1.N[C@H]1C[C@@H](O)c2c(F)cc(F)cc21.O=C(N[C@H]1C[C@@H](O)c2c(F)cc(F)cc21)C(F)(F)F.O=C(O)CC(NC(=O)C(F)(F)F)c1cc(F)cc(F)c1.O=C1CC(NC(=O)C(F)(F)F)c2cc(F)cc(F)c21.O=Cc1cc(F)cc(F)c1.O[C@@H]1C[C@H](NC2=NCCS2)c2cc(F)cc(F)c21. The van der Waals surface area contributed by atoms with Gasteiger partial charge in [0, 0.05) is 102 Å². The van der Waals surface area contributed by atoms with Crippen molar-refractivity contribution >= 4 is 58.7 Å². The third-order valence-electron chi connectivity index (χ3n) is 16.0. The molecule has 3 amide bonds. The van der Waals surface area contributed by atoms with Gasteiger partial charge in [0.2, 0.25) is 0 Å². The number of carboxylic acids is 2. The summed E-state index contributed by atoms with van der Waals surface area (Å²) in [5.74, 6) is -21.5. The number of ketones is 1. The number of carbonyl (C=O) groups excluding carboxylic acids is 5. The molecule has 12 rings (SSSR count). The van der Waals surface area contributed by atoms with Crippen LogP contribution in [0.15, 0.2) is 108 Å². The zero-order valence-corrected chi connectivity index (χ0v) is 57.4.